The molecule has 1 aromatic carbocycles. The van der Waals surface area contributed by atoms with E-state index in [4.69, 9.17) is 11.6 Å². The first-order valence-corrected chi connectivity index (χ1v) is 12.0. The molecule has 0 spiro atoms. The molecule has 0 aromatic heterocycles. The molecule has 0 bridgehead atoms. The number of carbonyl (C=O) groups is 3. The highest BCUT2D eigenvalue weighted by molar-refractivity contribution is 7.91. The van der Waals surface area contributed by atoms with Crippen LogP contribution in [-0.2, 0) is 25.0 Å². The Kier molecular flexibility index (Phi) is 6.15. The van der Waals surface area contributed by atoms with Crippen LogP contribution in [0.3, 0.4) is 0 Å². The molecule has 2 heterocycles. The van der Waals surface area contributed by atoms with Gasteiger partial charge in [0.2, 0.25) is 5.91 Å². The summed E-state index contributed by atoms with van der Waals surface area (Å²) < 4.78 is 23.8. The van der Waals surface area contributed by atoms with Gasteiger partial charge in [-0.3, -0.25) is 14.5 Å². The molecule has 2 saturated heterocycles. The van der Waals surface area contributed by atoms with Gasteiger partial charge in [0.05, 0.1) is 11.5 Å². The number of sulfone groups is 1. The second kappa shape index (κ2) is 8.19. The summed E-state index contributed by atoms with van der Waals surface area (Å²) in [6.45, 7) is 5.36. The second-order valence-electron chi connectivity index (χ2n) is 8.45. The quantitative estimate of drug-likeness (QED) is 0.658. The van der Waals surface area contributed by atoms with Gasteiger partial charge in [-0.25, -0.2) is 13.2 Å². The SMILES string of the molecule is CC(C)CN(C(=O)CN1C(=O)N[C@](C)(c2ccc(Cl)cc2)C1=O)[C@H]1CCS(=O)(=O)C1. The van der Waals surface area contributed by atoms with Gasteiger partial charge in [-0.05, 0) is 37.0 Å². The van der Waals surface area contributed by atoms with E-state index in [2.05, 4.69) is 5.32 Å². The summed E-state index contributed by atoms with van der Waals surface area (Å²) >= 11 is 5.91. The molecule has 3 rings (SSSR count). The third kappa shape index (κ3) is 4.46. The van der Waals surface area contributed by atoms with Crippen LogP contribution in [-0.4, -0.2) is 66.7 Å². The van der Waals surface area contributed by atoms with Crippen molar-refractivity contribution in [2.75, 3.05) is 24.6 Å². The van der Waals surface area contributed by atoms with Crippen LogP contribution >= 0.6 is 11.6 Å². The van der Waals surface area contributed by atoms with Crippen molar-refractivity contribution in [3.8, 4) is 0 Å². The number of urea groups is 1. The highest BCUT2D eigenvalue weighted by Crippen LogP contribution is 2.30. The standard InChI is InChI=1S/C20H26ClN3O5S/c1-13(2)10-23(16-8-9-30(28,29)12-16)17(25)11-24-18(26)20(3,22-19(24)27)14-4-6-15(21)7-5-14/h4-7,13,16H,8-12H2,1-3H3,(H,22,27)/t16-,20+/m0/s1. The van der Waals surface area contributed by atoms with Gasteiger partial charge < -0.3 is 10.2 Å². The van der Waals surface area contributed by atoms with E-state index in [1.165, 1.54) is 4.90 Å². The molecule has 10 heteroatoms. The summed E-state index contributed by atoms with van der Waals surface area (Å²) in [5, 5.41) is 3.16. The van der Waals surface area contributed by atoms with Crippen LogP contribution in [0.4, 0.5) is 4.79 Å². The van der Waals surface area contributed by atoms with Crippen LogP contribution in [0.5, 0.6) is 0 Å². The molecular formula is C20H26ClN3O5S. The predicted molar refractivity (Wildman–Crippen MR) is 113 cm³/mol. The topological polar surface area (TPSA) is 104 Å². The number of nitrogens with one attached hydrogen (secondary N) is 1. The molecule has 30 heavy (non-hydrogen) atoms. The number of benzene rings is 1. The van der Waals surface area contributed by atoms with E-state index in [0.717, 1.165) is 4.90 Å². The highest BCUT2D eigenvalue weighted by Gasteiger charge is 2.50. The molecule has 8 nitrogen and oxygen atoms in total. The van der Waals surface area contributed by atoms with Crippen molar-refractivity contribution in [3.05, 3.63) is 34.9 Å². The van der Waals surface area contributed by atoms with Crippen molar-refractivity contribution < 1.29 is 22.8 Å². The van der Waals surface area contributed by atoms with Crippen molar-refractivity contribution in [1.29, 1.82) is 0 Å². The molecule has 0 aliphatic carbocycles. The number of amides is 4. The minimum Gasteiger partial charge on any atom is -0.337 e. The number of rotatable bonds is 6. The molecule has 2 fully saturated rings. The molecule has 1 aromatic rings. The van der Waals surface area contributed by atoms with E-state index in [9.17, 15) is 22.8 Å². The Labute approximate surface area is 181 Å². The summed E-state index contributed by atoms with van der Waals surface area (Å²) in [7, 11) is -3.18. The molecule has 164 valence electrons. The number of nitrogens with zero attached hydrogens (tertiary/aromatic N) is 2. The number of hydrogen-bond donors (Lipinski definition) is 1. The summed E-state index contributed by atoms with van der Waals surface area (Å²) in [5.41, 5.74) is -0.747. The number of hydrogen-bond acceptors (Lipinski definition) is 5. The van der Waals surface area contributed by atoms with Gasteiger partial charge >= 0.3 is 6.03 Å². The molecule has 4 amide bonds. The van der Waals surface area contributed by atoms with Crippen molar-refractivity contribution >= 4 is 39.3 Å². The van der Waals surface area contributed by atoms with Gasteiger partial charge in [-0.1, -0.05) is 37.6 Å². The molecule has 0 radical (unpaired) electrons. The van der Waals surface area contributed by atoms with Gasteiger partial charge in [0.1, 0.15) is 12.1 Å². The van der Waals surface area contributed by atoms with E-state index in [-0.39, 0.29) is 17.4 Å². The van der Waals surface area contributed by atoms with Crippen molar-refractivity contribution in [3.63, 3.8) is 0 Å². The monoisotopic (exact) mass is 455 g/mol. The van der Waals surface area contributed by atoms with Crippen LogP contribution in [0.15, 0.2) is 24.3 Å². The first kappa shape index (κ1) is 22.6. The lowest BCUT2D eigenvalue weighted by Crippen LogP contribution is -2.49. The maximum atomic E-state index is 13.1. The Balaban J connectivity index is 1.79. The molecule has 2 atom stereocenters. The van der Waals surface area contributed by atoms with Crippen LogP contribution in [0, 0.1) is 5.92 Å². The second-order valence-corrected chi connectivity index (χ2v) is 11.1. The Morgan fingerprint density at radius 2 is 1.93 bits per heavy atom. The maximum absolute atomic E-state index is 13.1. The summed E-state index contributed by atoms with van der Waals surface area (Å²) in [6.07, 6.45) is 0.365. The molecular weight excluding hydrogens is 430 g/mol. The molecule has 0 unspecified atom stereocenters. The Hall–Kier alpha value is -2.13. The fourth-order valence-corrected chi connectivity index (χ4v) is 5.77. The largest absolute Gasteiger partial charge is 0.337 e. The average Bonchev–Trinajstić information content (AvgIpc) is 3.12. The predicted octanol–water partition coefficient (Wildman–Crippen LogP) is 1.78. The van der Waals surface area contributed by atoms with Crippen LogP contribution in [0.1, 0.15) is 32.8 Å². The normalized spacial score (nSPS) is 25.6. The minimum atomic E-state index is -3.18. The average molecular weight is 456 g/mol. The van der Waals surface area contributed by atoms with E-state index in [0.29, 0.717) is 23.6 Å². The fraction of sp³-hybridized carbons (Fsp3) is 0.550. The molecule has 1 N–H and O–H groups in total. The van der Waals surface area contributed by atoms with Crippen molar-refractivity contribution in [2.45, 2.75) is 38.8 Å². The minimum absolute atomic E-state index is 0.0390. The Morgan fingerprint density at radius 3 is 2.47 bits per heavy atom. The van der Waals surface area contributed by atoms with E-state index >= 15 is 0 Å². The maximum Gasteiger partial charge on any atom is 0.325 e. The molecule has 2 aliphatic rings. The summed E-state index contributed by atoms with van der Waals surface area (Å²) in [4.78, 5) is 41.1. The third-order valence-corrected chi connectivity index (χ3v) is 7.52. The van der Waals surface area contributed by atoms with Gasteiger partial charge in [0.25, 0.3) is 5.91 Å². The van der Waals surface area contributed by atoms with Crippen molar-refractivity contribution in [1.82, 2.24) is 15.1 Å². The van der Waals surface area contributed by atoms with Crippen LogP contribution < -0.4 is 5.32 Å². The van der Waals surface area contributed by atoms with E-state index in [1.807, 2.05) is 13.8 Å². The first-order chi connectivity index (χ1) is 13.9. The number of imide groups is 1. The van der Waals surface area contributed by atoms with E-state index in [1.54, 1.807) is 31.2 Å². The highest BCUT2D eigenvalue weighted by atomic mass is 35.5. The zero-order valence-electron chi connectivity index (χ0n) is 17.2. The zero-order chi connectivity index (χ0) is 22.3. The lowest BCUT2D eigenvalue weighted by atomic mass is 9.92. The van der Waals surface area contributed by atoms with Gasteiger partial charge in [-0.2, -0.15) is 0 Å². The smallest absolute Gasteiger partial charge is 0.325 e. The molecule has 0 saturated carbocycles. The fourth-order valence-electron chi connectivity index (χ4n) is 3.91. The van der Waals surface area contributed by atoms with Gasteiger partial charge in [0, 0.05) is 17.6 Å². The Morgan fingerprint density at radius 1 is 1.30 bits per heavy atom. The summed E-state index contributed by atoms with van der Waals surface area (Å²) in [6, 6.07) is 5.46. The zero-order valence-corrected chi connectivity index (χ0v) is 18.8. The lowest BCUT2D eigenvalue weighted by molar-refractivity contribution is -0.140. The van der Waals surface area contributed by atoms with Gasteiger partial charge in [-0.15, -0.1) is 0 Å². The third-order valence-electron chi connectivity index (χ3n) is 5.52. The summed E-state index contributed by atoms with van der Waals surface area (Å²) in [5.74, 6) is -0.910. The lowest BCUT2D eigenvalue weighted by Gasteiger charge is -2.31. The van der Waals surface area contributed by atoms with Crippen molar-refractivity contribution in [2.24, 2.45) is 5.92 Å². The number of carbonyl (C=O) groups excluding carboxylic acids is 3. The Bertz CT molecular complexity index is 963. The molecule has 2 aliphatic heterocycles. The van der Waals surface area contributed by atoms with Crippen LogP contribution in [0.2, 0.25) is 5.02 Å². The first-order valence-electron chi connectivity index (χ1n) is 9.83. The number of halogens is 1. The van der Waals surface area contributed by atoms with Gasteiger partial charge in [0.15, 0.2) is 9.84 Å². The van der Waals surface area contributed by atoms with E-state index < -0.39 is 45.8 Å². The van der Waals surface area contributed by atoms with Crippen LogP contribution in [0.25, 0.3) is 0 Å².